The molecule has 31 heavy (non-hydrogen) atoms. The van der Waals surface area contributed by atoms with Crippen LogP contribution < -0.4 is 10.1 Å². The molecule has 0 aliphatic carbocycles. The second-order valence-electron chi connectivity index (χ2n) is 8.33. The summed E-state index contributed by atoms with van der Waals surface area (Å²) in [5, 5.41) is 8.66. The third kappa shape index (κ3) is 4.24. The third-order valence-corrected chi connectivity index (χ3v) is 6.42. The summed E-state index contributed by atoms with van der Waals surface area (Å²) < 4.78 is 23.5. The summed E-state index contributed by atoms with van der Waals surface area (Å²) >= 11 is 1.39. The molecule has 4 heterocycles. The first-order valence-electron chi connectivity index (χ1n) is 10.2. The van der Waals surface area contributed by atoms with E-state index in [9.17, 15) is 4.39 Å². The molecular formula is C22H25ClFN5OS. The van der Waals surface area contributed by atoms with Gasteiger partial charge >= 0.3 is 0 Å². The van der Waals surface area contributed by atoms with E-state index >= 15 is 0 Å². The summed E-state index contributed by atoms with van der Waals surface area (Å²) in [6.45, 7) is 8.23. The molecule has 0 amide bonds. The highest BCUT2D eigenvalue weighted by Gasteiger charge is 2.26. The molecule has 1 N–H and O–H groups in total. The molecule has 0 saturated carbocycles. The second-order valence-corrected chi connectivity index (χ2v) is 9.32. The Balaban J connectivity index is 0.00000231. The molecule has 1 aromatic carbocycles. The number of imidazole rings is 1. The molecular weight excluding hydrogens is 437 g/mol. The summed E-state index contributed by atoms with van der Waals surface area (Å²) in [6, 6.07) is 6.17. The van der Waals surface area contributed by atoms with Crippen LogP contribution in [0.15, 0.2) is 24.4 Å². The number of benzene rings is 1. The smallest absolute Gasteiger partial charge is 0.274 e. The van der Waals surface area contributed by atoms with Crippen molar-refractivity contribution in [3.8, 4) is 16.5 Å². The largest absolute Gasteiger partial charge is 0.467 e. The molecule has 0 spiro atoms. The molecule has 1 saturated heterocycles. The summed E-state index contributed by atoms with van der Waals surface area (Å²) in [5.74, 6) is -0.359. The predicted molar refractivity (Wildman–Crippen MR) is 124 cm³/mol. The number of aromatic nitrogens is 4. The minimum atomic E-state index is -0.359. The third-order valence-electron chi connectivity index (χ3n) is 5.52. The van der Waals surface area contributed by atoms with E-state index < -0.39 is 0 Å². The van der Waals surface area contributed by atoms with Gasteiger partial charge < -0.3 is 10.1 Å². The molecule has 2 unspecified atom stereocenters. The van der Waals surface area contributed by atoms with Gasteiger partial charge in [-0.1, -0.05) is 11.3 Å². The van der Waals surface area contributed by atoms with Crippen LogP contribution in [0.2, 0.25) is 0 Å². The lowest BCUT2D eigenvalue weighted by molar-refractivity contribution is 0.123. The minimum Gasteiger partial charge on any atom is -0.467 e. The van der Waals surface area contributed by atoms with E-state index in [4.69, 9.17) is 4.74 Å². The summed E-state index contributed by atoms with van der Waals surface area (Å²) in [7, 11) is 0. The van der Waals surface area contributed by atoms with Crippen molar-refractivity contribution in [2.75, 3.05) is 0 Å². The van der Waals surface area contributed by atoms with Crippen LogP contribution in [0, 0.1) is 19.7 Å². The Morgan fingerprint density at radius 1 is 1.13 bits per heavy atom. The maximum atomic E-state index is 14.9. The lowest BCUT2D eigenvalue weighted by atomic mass is 9.98. The van der Waals surface area contributed by atoms with Crippen molar-refractivity contribution in [3.63, 3.8) is 0 Å². The molecule has 6 nitrogen and oxygen atoms in total. The van der Waals surface area contributed by atoms with Crippen molar-refractivity contribution in [1.82, 2.24) is 24.9 Å². The Morgan fingerprint density at radius 3 is 2.61 bits per heavy atom. The zero-order chi connectivity index (χ0) is 21.0. The number of aryl methyl sites for hydroxylation is 2. The number of piperidine rings is 1. The van der Waals surface area contributed by atoms with Crippen LogP contribution in [0.25, 0.3) is 27.1 Å². The van der Waals surface area contributed by atoms with Crippen molar-refractivity contribution >= 4 is 39.6 Å². The van der Waals surface area contributed by atoms with E-state index in [1.165, 1.54) is 17.4 Å². The number of ether oxygens (including phenoxy) is 1. The Hall–Kier alpha value is -2.29. The van der Waals surface area contributed by atoms with Crippen LogP contribution in [0.4, 0.5) is 4.39 Å². The van der Waals surface area contributed by atoms with Gasteiger partial charge in [0.15, 0.2) is 11.5 Å². The van der Waals surface area contributed by atoms with Gasteiger partial charge in [0.2, 0.25) is 0 Å². The van der Waals surface area contributed by atoms with Gasteiger partial charge in [0.25, 0.3) is 5.19 Å². The highest BCUT2D eigenvalue weighted by atomic mass is 35.5. The van der Waals surface area contributed by atoms with Gasteiger partial charge in [-0.3, -0.25) is 0 Å². The predicted octanol–water partition coefficient (Wildman–Crippen LogP) is 5.09. The molecule has 1 fully saturated rings. The summed E-state index contributed by atoms with van der Waals surface area (Å²) in [5.41, 5.74) is 4.48. The monoisotopic (exact) mass is 461 g/mol. The summed E-state index contributed by atoms with van der Waals surface area (Å²) in [6.07, 6.45) is 3.80. The zero-order valence-corrected chi connectivity index (χ0v) is 19.5. The molecule has 164 valence electrons. The maximum absolute atomic E-state index is 14.9. The quantitative estimate of drug-likeness (QED) is 0.460. The van der Waals surface area contributed by atoms with Crippen molar-refractivity contribution in [1.29, 1.82) is 0 Å². The van der Waals surface area contributed by atoms with Gasteiger partial charge in [-0.25, -0.2) is 13.9 Å². The fraction of sp³-hybridized carbons (Fsp3) is 0.409. The van der Waals surface area contributed by atoms with E-state index in [2.05, 4.69) is 34.2 Å². The van der Waals surface area contributed by atoms with Crippen LogP contribution in [0.5, 0.6) is 5.19 Å². The molecule has 2 atom stereocenters. The number of nitrogens with zero attached hydrogens (tertiary/aromatic N) is 4. The highest BCUT2D eigenvalue weighted by molar-refractivity contribution is 7.20. The zero-order valence-electron chi connectivity index (χ0n) is 17.8. The number of thiazole rings is 1. The first kappa shape index (κ1) is 21.9. The molecule has 9 heteroatoms. The first-order chi connectivity index (χ1) is 14.4. The lowest BCUT2D eigenvalue weighted by Gasteiger charge is -2.32. The fourth-order valence-electron chi connectivity index (χ4n) is 4.30. The topological polar surface area (TPSA) is 64.3 Å². The Morgan fingerprint density at radius 2 is 1.87 bits per heavy atom. The van der Waals surface area contributed by atoms with Crippen molar-refractivity contribution in [2.24, 2.45) is 0 Å². The van der Waals surface area contributed by atoms with Crippen molar-refractivity contribution < 1.29 is 9.13 Å². The molecule has 3 aromatic heterocycles. The minimum absolute atomic E-state index is 0. The van der Waals surface area contributed by atoms with Gasteiger partial charge in [-0.15, -0.1) is 12.4 Å². The number of rotatable bonds is 3. The summed E-state index contributed by atoms with van der Waals surface area (Å²) in [4.78, 5) is 8.91. The van der Waals surface area contributed by atoms with Gasteiger partial charge in [-0.05, 0) is 64.3 Å². The molecule has 0 bridgehead atoms. The number of hydrogen-bond donors (Lipinski definition) is 1. The van der Waals surface area contributed by atoms with Crippen molar-refractivity contribution in [3.05, 3.63) is 41.5 Å². The second kappa shape index (κ2) is 8.33. The van der Waals surface area contributed by atoms with Gasteiger partial charge in [-0.2, -0.15) is 10.1 Å². The van der Waals surface area contributed by atoms with E-state index in [0.717, 1.165) is 40.0 Å². The highest BCUT2D eigenvalue weighted by Crippen LogP contribution is 2.35. The SMILES string of the molecule is Cc1cn2nc(-c3cc(F)c4nc(OC5CC(C)NC(C)C5)sc4c3)cc(C)c2n1.Cl. The molecule has 5 rings (SSSR count). The number of hydrogen-bond acceptors (Lipinski definition) is 6. The average molecular weight is 462 g/mol. The lowest BCUT2D eigenvalue weighted by Crippen LogP contribution is -2.46. The first-order valence-corrected chi connectivity index (χ1v) is 11.0. The molecule has 4 aromatic rings. The normalized spacial score (nSPS) is 21.4. The average Bonchev–Trinajstić information content (AvgIpc) is 3.23. The van der Waals surface area contributed by atoms with E-state index in [-0.39, 0.29) is 24.3 Å². The fourth-order valence-corrected chi connectivity index (χ4v) is 5.23. The number of nitrogens with one attached hydrogen (secondary N) is 1. The van der Waals surface area contributed by atoms with Crippen LogP contribution in [0.1, 0.15) is 37.9 Å². The van der Waals surface area contributed by atoms with E-state index in [1.807, 2.05) is 32.2 Å². The van der Waals surface area contributed by atoms with Crippen LogP contribution >= 0.6 is 23.7 Å². The Bertz CT molecular complexity index is 1250. The molecule has 0 radical (unpaired) electrons. The van der Waals surface area contributed by atoms with Crippen LogP contribution in [-0.2, 0) is 0 Å². The van der Waals surface area contributed by atoms with E-state index in [0.29, 0.717) is 28.5 Å². The van der Waals surface area contributed by atoms with Crippen LogP contribution in [0.3, 0.4) is 0 Å². The maximum Gasteiger partial charge on any atom is 0.274 e. The van der Waals surface area contributed by atoms with Gasteiger partial charge in [0.05, 0.1) is 22.3 Å². The Labute approximate surface area is 190 Å². The van der Waals surface area contributed by atoms with E-state index in [1.54, 1.807) is 4.52 Å². The van der Waals surface area contributed by atoms with Gasteiger partial charge in [0, 0.05) is 17.6 Å². The number of fused-ring (bicyclic) bond motifs is 2. The molecule has 1 aliphatic rings. The van der Waals surface area contributed by atoms with Crippen LogP contribution in [-0.4, -0.2) is 37.8 Å². The molecule has 1 aliphatic heterocycles. The van der Waals surface area contributed by atoms with Gasteiger partial charge in [0.1, 0.15) is 11.6 Å². The standard InChI is InChI=1S/C22H24FN5OS.ClH/c1-11-5-18(27-28-10-14(4)25-21(11)28)15-8-17(23)20-19(9-15)30-22(26-20)29-16-6-12(2)24-13(3)7-16;/h5,8-10,12-13,16,24H,6-7H2,1-4H3;1H. The Kier molecular flexibility index (Phi) is 5.89. The van der Waals surface area contributed by atoms with Crippen molar-refractivity contribution in [2.45, 2.75) is 58.7 Å². The number of halogens is 2.